The van der Waals surface area contributed by atoms with Crippen LogP contribution in [0.2, 0.25) is 0 Å². The quantitative estimate of drug-likeness (QED) is 0.189. The van der Waals surface area contributed by atoms with Crippen LogP contribution in [-0.2, 0) is 6.42 Å². The smallest absolute Gasteiger partial charge is 0.137 e. The van der Waals surface area contributed by atoms with Gasteiger partial charge in [0.1, 0.15) is 22.3 Å². The number of furan rings is 2. The number of benzene rings is 5. The van der Waals surface area contributed by atoms with E-state index in [1.54, 1.807) is 0 Å². The minimum Gasteiger partial charge on any atom is -0.456 e. The SMILES string of the molecule is C1=CC(N(C2=CC=C(c3ccccc3)CC2)c2cccc3oc4ccccc4c23)CC=C1C1C=Cc2ccc3oc4ccccc4c3c2C1. The molecule has 2 aromatic heterocycles. The van der Waals surface area contributed by atoms with Crippen molar-refractivity contribution in [3.05, 3.63) is 174 Å². The first-order valence-electron chi connectivity index (χ1n) is 17.4. The Morgan fingerprint density at radius 2 is 1.33 bits per heavy atom. The fraction of sp³-hybridized carbons (Fsp3) is 0.130. The lowest BCUT2D eigenvalue weighted by Gasteiger charge is -2.37. The highest BCUT2D eigenvalue weighted by molar-refractivity contribution is 6.12. The van der Waals surface area contributed by atoms with Gasteiger partial charge < -0.3 is 13.7 Å². The Kier molecular flexibility index (Phi) is 6.58. The van der Waals surface area contributed by atoms with E-state index in [-0.39, 0.29) is 6.04 Å². The van der Waals surface area contributed by atoms with Crippen LogP contribution in [0, 0.1) is 5.92 Å². The van der Waals surface area contributed by atoms with E-state index >= 15 is 0 Å². The number of allylic oxidation sites excluding steroid dienone is 7. The third-order valence-electron chi connectivity index (χ3n) is 10.7. The fourth-order valence-electron chi connectivity index (χ4n) is 8.33. The fourth-order valence-corrected chi connectivity index (χ4v) is 8.33. The number of hydrogen-bond donors (Lipinski definition) is 0. The molecule has 0 saturated heterocycles. The van der Waals surface area contributed by atoms with Crippen LogP contribution in [0.15, 0.2) is 166 Å². The Balaban J connectivity index is 1.02. The van der Waals surface area contributed by atoms with Gasteiger partial charge in [0.2, 0.25) is 0 Å². The van der Waals surface area contributed by atoms with Crippen molar-refractivity contribution in [1.82, 2.24) is 0 Å². The average Bonchev–Trinajstić information content (AvgIpc) is 3.75. The molecule has 2 atom stereocenters. The number of anilines is 1. The summed E-state index contributed by atoms with van der Waals surface area (Å²) in [5.41, 5.74) is 13.1. The third kappa shape index (κ3) is 4.72. The van der Waals surface area contributed by atoms with E-state index in [4.69, 9.17) is 8.83 Å². The van der Waals surface area contributed by atoms with E-state index in [1.165, 1.54) is 55.4 Å². The van der Waals surface area contributed by atoms with Crippen molar-refractivity contribution >= 4 is 61.2 Å². The molecule has 10 rings (SSSR count). The van der Waals surface area contributed by atoms with Crippen molar-refractivity contribution in [2.75, 3.05) is 4.90 Å². The second kappa shape index (κ2) is 11.4. The van der Waals surface area contributed by atoms with Gasteiger partial charge in [-0.3, -0.25) is 0 Å². The molecule has 0 aliphatic heterocycles. The van der Waals surface area contributed by atoms with Crippen LogP contribution in [0.1, 0.15) is 36.0 Å². The number of nitrogens with zero attached hydrogens (tertiary/aromatic N) is 1. The Morgan fingerprint density at radius 1 is 0.592 bits per heavy atom. The summed E-state index contributed by atoms with van der Waals surface area (Å²) in [4.78, 5) is 2.58. The molecule has 3 heteroatoms. The molecule has 2 unspecified atom stereocenters. The van der Waals surface area contributed by atoms with E-state index in [0.29, 0.717) is 5.92 Å². The maximum atomic E-state index is 6.37. The lowest BCUT2D eigenvalue weighted by atomic mass is 9.81. The van der Waals surface area contributed by atoms with Gasteiger partial charge in [-0.15, -0.1) is 0 Å². The second-order valence-corrected chi connectivity index (χ2v) is 13.5. The van der Waals surface area contributed by atoms with Crippen molar-refractivity contribution in [3.8, 4) is 0 Å². The zero-order valence-electron chi connectivity index (χ0n) is 27.2. The van der Waals surface area contributed by atoms with Crippen molar-refractivity contribution < 1.29 is 8.83 Å². The first kappa shape index (κ1) is 28.2. The Morgan fingerprint density at radius 3 is 2.08 bits per heavy atom. The Labute approximate surface area is 285 Å². The summed E-state index contributed by atoms with van der Waals surface area (Å²) in [7, 11) is 0. The van der Waals surface area contributed by atoms with Crippen LogP contribution in [0.4, 0.5) is 5.69 Å². The molecule has 236 valence electrons. The largest absolute Gasteiger partial charge is 0.456 e. The van der Waals surface area contributed by atoms with Crippen LogP contribution in [0.3, 0.4) is 0 Å². The van der Waals surface area contributed by atoms with E-state index in [2.05, 4.69) is 157 Å². The van der Waals surface area contributed by atoms with Crippen LogP contribution in [0.5, 0.6) is 0 Å². The van der Waals surface area contributed by atoms with Gasteiger partial charge in [0.15, 0.2) is 0 Å². The first-order chi connectivity index (χ1) is 24.3. The molecule has 0 amide bonds. The minimum absolute atomic E-state index is 0.185. The van der Waals surface area contributed by atoms with E-state index in [1.807, 2.05) is 0 Å². The molecule has 49 heavy (non-hydrogen) atoms. The molecule has 3 aliphatic carbocycles. The predicted octanol–water partition coefficient (Wildman–Crippen LogP) is 12.2. The molecular weight excluding hydrogens is 599 g/mol. The molecule has 5 aromatic carbocycles. The highest BCUT2D eigenvalue weighted by Crippen LogP contribution is 2.43. The maximum absolute atomic E-state index is 6.37. The normalized spacial score (nSPS) is 18.9. The predicted molar refractivity (Wildman–Crippen MR) is 204 cm³/mol. The summed E-state index contributed by atoms with van der Waals surface area (Å²) in [6, 6.07) is 38.7. The standard InChI is InChI=1S/C46H35NO2/c1-2-9-30(10-3-1)31-19-24-35(25-20-31)47(40-13-8-16-43-46(40)38-12-5-7-15-42(38)48-43)36-26-21-32(22-27-36)34-18-17-33-23-28-44-45(39(33)29-34)37-11-4-6-14-41(37)49-44/h1-19,21-24,26,28,34,36H,20,25,27,29H2. The van der Waals surface area contributed by atoms with Crippen LogP contribution in [-0.4, -0.2) is 6.04 Å². The third-order valence-corrected chi connectivity index (χ3v) is 10.7. The summed E-state index contributed by atoms with van der Waals surface area (Å²) in [6.45, 7) is 0. The number of para-hydroxylation sites is 2. The number of hydrogen-bond acceptors (Lipinski definition) is 3. The van der Waals surface area contributed by atoms with Crippen LogP contribution in [0.25, 0.3) is 55.5 Å². The van der Waals surface area contributed by atoms with Gasteiger partial charge in [0.25, 0.3) is 0 Å². The molecule has 0 radical (unpaired) electrons. The molecule has 3 aliphatic rings. The van der Waals surface area contributed by atoms with Crippen molar-refractivity contribution in [2.45, 2.75) is 31.7 Å². The van der Waals surface area contributed by atoms with Crippen LogP contribution >= 0.6 is 0 Å². The van der Waals surface area contributed by atoms with Crippen LogP contribution < -0.4 is 4.90 Å². The van der Waals surface area contributed by atoms with Crippen molar-refractivity contribution in [2.24, 2.45) is 5.92 Å². The van der Waals surface area contributed by atoms with Gasteiger partial charge in [0.05, 0.1) is 17.1 Å². The molecule has 0 fully saturated rings. The zero-order chi connectivity index (χ0) is 32.3. The number of fused-ring (bicyclic) bond motifs is 8. The van der Waals surface area contributed by atoms with Gasteiger partial charge in [0, 0.05) is 27.8 Å². The monoisotopic (exact) mass is 633 g/mol. The summed E-state index contributed by atoms with van der Waals surface area (Å²) >= 11 is 0. The second-order valence-electron chi connectivity index (χ2n) is 13.5. The summed E-state index contributed by atoms with van der Waals surface area (Å²) in [5.74, 6) is 0.323. The first-order valence-corrected chi connectivity index (χ1v) is 17.4. The van der Waals surface area contributed by atoms with E-state index < -0.39 is 0 Å². The van der Waals surface area contributed by atoms with Gasteiger partial charge in [-0.1, -0.05) is 115 Å². The Bertz CT molecular complexity index is 2570. The summed E-state index contributed by atoms with van der Waals surface area (Å²) in [5, 5.41) is 4.82. The average molecular weight is 634 g/mol. The van der Waals surface area contributed by atoms with E-state index in [9.17, 15) is 0 Å². The summed E-state index contributed by atoms with van der Waals surface area (Å²) in [6.07, 6.45) is 20.6. The molecule has 0 N–H and O–H groups in total. The maximum Gasteiger partial charge on any atom is 0.137 e. The highest BCUT2D eigenvalue weighted by Gasteiger charge is 2.28. The molecule has 0 saturated carbocycles. The lowest BCUT2D eigenvalue weighted by Crippen LogP contribution is -2.34. The molecule has 0 bridgehead atoms. The van der Waals surface area contributed by atoms with Crippen molar-refractivity contribution in [1.29, 1.82) is 0 Å². The molecule has 7 aromatic rings. The molecule has 2 heterocycles. The lowest BCUT2D eigenvalue weighted by molar-refractivity contribution is 0.667. The van der Waals surface area contributed by atoms with Gasteiger partial charge in [-0.25, -0.2) is 0 Å². The topological polar surface area (TPSA) is 29.5 Å². The van der Waals surface area contributed by atoms with E-state index in [0.717, 1.165) is 53.4 Å². The number of rotatable bonds is 5. The highest BCUT2D eigenvalue weighted by atomic mass is 16.3. The van der Waals surface area contributed by atoms with Gasteiger partial charge >= 0.3 is 0 Å². The molecule has 3 nitrogen and oxygen atoms in total. The zero-order valence-corrected chi connectivity index (χ0v) is 27.2. The molecule has 0 spiro atoms. The minimum atomic E-state index is 0.185. The molecular formula is C46H35NO2. The summed E-state index contributed by atoms with van der Waals surface area (Å²) < 4.78 is 12.6. The van der Waals surface area contributed by atoms with Crippen molar-refractivity contribution in [3.63, 3.8) is 0 Å². The Hall–Kier alpha value is -5.80. The van der Waals surface area contributed by atoms with Gasteiger partial charge in [-0.05, 0) is 89.9 Å². The van der Waals surface area contributed by atoms with Gasteiger partial charge in [-0.2, -0.15) is 0 Å².